The van der Waals surface area contributed by atoms with E-state index < -0.39 is 0 Å². The Balaban J connectivity index is 2.34. The SMILES string of the molecule is Cc1ccc(C#N)cc1Oc1ccc(C#N)c(N)c1. The number of nitrogen functional groups attached to an aromatic ring is 1. The number of nitrogens with zero attached hydrogens (tertiary/aromatic N) is 2. The summed E-state index contributed by atoms with van der Waals surface area (Å²) in [5.41, 5.74) is 7.95. The van der Waals surface area contributed by atoms with E-state index in [-0.39, 0.29) is 0 Å². The molecule has 0 spiro atoms. The summed E-state index contributed by atoms with van der Waals surface area (Å²) in [5.74, 6) is 1.14. The average Bonchev–Trinajstić information content (AvgIpc) is 2.41. The lowest BCUT2D eigenvalue weighted by Gasteiger charge is -2.09. The number of ether oxygens (including phenoxy) is 1. The third-order valence-electron chi connectivity index (χ3n) is 2.69. The lowest BCUT2D eigenvalue weighted by atomic mass is 10.1. The lowest BCUT2D eigenvalue weighted by Crippen LogP contribution is -1.93. The van der Waals surface area contributed by atoms with Crippen LogP contribution in [0.2, 0.25) is 0 Å². The molecule has 0 aliphatic rings. The smallest absolute Gasteiger partial charge is 0.131 e. The molecule has 92 valence electrons. The highest BCUT2D eigenvalue weighted by Gasteiger charge is 2.05. The van der Waals surface area contributed by atoms with Gasteiger partial charge in [0.15, 0.2) is 0 Å². The van der Waals surface area contributed by atoms with Crippen LogP contribution >= 0.6 is 0 Å². The zero-order valence-corrected chi connectivity index (χ0v) is 10.3. The minimum absolute atomic E-state index is 0.370. The van der Waals surface area contributed by atoms with Gasteiger partial charge in [-0.2, -0.15) is 10.5 Å². The Kier molecular flexibility index (Phi) is 3.36. The highest BCUT2D eigenvalue weighted by Crippen LogP contribution is 2.28. The molecule has 0 aliphatic carbocycles. The normalized spacial score (nSPS) is 9.42. The molecular weight excluding hydrogens is 238 g/mol. The van der Waals surface area contributed by atoms with Gasteiger partial charge in [-0.25, -0.2) is 0 Å². The van der Waals surface area contributed by atoms with Crippen molar-refractivity contribution in [3.05, 3.63) is 53.1 Å². The van der Waals surface area contributed by atoms with Crippen LogP contribution in [0.25, 0.3) is 0 Å². The van der Waals surface area contributed by atoms with Crippen molar-refractivity contribution in [2.24, 2.45) is 0 Å². The molecule has 4 heteroatoms. The molecule has 19 heavy (non-hydrogen) atoms. The van der Waals surface area contributed by atoms with Crippen molar-refractivity contribution in [3.63, 3.8) is 0 Å². The molecule has 4 nitrogen and oxygen atoms in total. The topological polar surface area (TPSA) is 82.8 Å². The van der Waals surface area contributed by atoms with Crippen molar-refractivity contribution in [1.29, 1.82) is 10.5 Å². The fourth-order valence-corrected chi connectivity index (χ4v) is 1.61. The van der Waals surface area contributed by atoms with E-state index in [0.717, 1.165) is 5.56 Å². The minimum atomic E-state index is 0.370. The van der Waals surface area contributed by atoms with Gasteiger partial charge in [0, 0.05) is 6.07 Å². The first-order valence-electron chi connectivity index (χ1n) is 5.62. The Bertz CT molecular complexity index is 708. The monoisotopic (exact) mass is 249 g/mol. The molecule has 0 fully saturated rings. The molecule has 0 saturated carbocycles. The largest absolute Gasteiger partial charge is 0.457 e. The molecule has 0 radical (unpaired) electrons. The van der Waals surface area contributed by atoms with Crippen LogP contribution in [-0.4, -0.2) is 0 Å². The summed E-state index contributed by atoms with van der Waals surface area (Å²) in [7, 11) is 0. The van der Waals surface area contributed by atoms with E-state index in [4.69, 9.17) is 21.0 Å². The van der Waals surface area contributed by atoms with E-state index in [1.165, 1.54) is 0 Å². The van der Waals surface area contributed by atoms with Gasteiger partial charge < -0.3 is 10.5 Å². The number of anilines is 1. The van der Waals surface area contributed by atoms with Gasteiger partial charge in [-0.1, -0.05) is 6.07 Å². The molecular formula is C15H11N3O. The number of rotatable bonds is 2. The van der Waals surface area contributed by atoms with Crippen molar-refractivity contribution in [2.75, 3.05) is 5.73 Å². The maximum atomic E-state index is 8.87. The summed E-state index contributed by atoms with van der Waals surface area (Å²) >= 11 is 0. The predicted molar refractivity (Wildman–Crippen MR) is 71.5 cm³/mol. The van der Waals surface area contributed by atoms with E-state index in [0.29, 0.717) is 28.3 Å². The molecule has 0 saturated heterocycles. The molecule has 2 aromatic rings. The summed E-state index contributed by atoms with van der Waals surface area (Å²) in [6.07, 6.45) is 0. The first-order valence-corrected chi connectivity index (χ1v) is 5.62. The maximum absolute atomic E-state index is 8.87. The van der Waals surface area contributed by atoms with Crippen molar-refractivity contribution in [2.45, 2.75) is 6.92 Å². The lowest BCUT2D eigenvalue weighted by molar-refractivity contribution is 0.479. The summed E-state index contributed by atoms with van der Waals surface area (Å²) in [4.78, 5) is 0. The van der Waals surface area contributed by atoms with Crippen LogP contribution in [0.5, 0.6) is 11.5 Å². The molecule has 0 amide bonds. The quantitative estimate of drug-likeness (QED) is 0.829. The average molecular weight is 249 g/mol. The first-order chi connectivity index (χ1) is 9.13. The minimum Gasteiger partial charge on any atom is -0.457 e. The molecule has 0 heterocycles. The van der Waals surface area contributed by atoms with Crippen LogP contribution in [0.15, 0.2) is 36.4 Å². The third-order valence-corrected chi connectivity index (χ3v) is 2.69. The second-order valence-electron chi connectivity index (χ2n) is 4.06. The van der Waals surface area contributed by atoms with Crippen LogP contribution in [0, 0.1) is 29.6 Å². The number of aryl methyl sites for hydroxylation is 1. The van der Waals surface area contributed by atoms with Gasteiger partial charge in [-0.3, -0.25) is 0 Å². The second-order valence-corrected chi connectivity index (χ2v) is 4.06. The van der Waals surface area contributed by atoms with Gasteiger partial charge in [-0.05, 0) is 36.8 Å². The van der Waals surface area contributed by atoms with Gasteiger partial charge in [0.1, 0.15) is 17.6 Å². The summed E-state index contributed by atoms with van der Waals surface area (Å²) in [5, 5.41) is 17.7. The predicted octanol–water partition coefficient (Wildman–Crippen LogP) is 3.11. The molecule has 0 unspecified atom stereocenters. The van der Waals surface area contributed by atoms with Crippen LogP contribution in [0.4, 0.5) is 5.69 Å². The van der Waals surface area contributed by atoms with Crippen molar-refractivity contribution >= 4 is 5.69 Å². The van der Waals surface area contributed by atoms with Crippen LogP contribution in [0.3, 0.4) is 0 Å². The third kappa shape index (κ3) is 2.65. The van der Waals surface area contributed by atoms with E-state index in [9.17, 15) is 0 Å². The summed E-state index contributed by atoms with van der Waals surface area (Å²) in [6.45, 7) is 1.89. The van der Waals surface area contributed by atoms with Gasteiger partial charge in [-0.15, -0.1) is 0 Å². The Labute approximate surface area is 111 Å². The molecule has 2 N–H and O–H groups in total. The van der Waals surface area contributed by atoms with Gasteiger partial charge >= 0.3 is 0 Å². The fraction of sp³-hybridized carbons (Fsp3) is 0.0667. The maximum Gasteiger partial charge on any atom is 0.131 e. The van der Waals surface area contributed by atoms with Gasteiger partial charge in [0.05, 0.1) is 22.9 Å². The van der Waals surface area contributed by atoms with Crippen LogP contribution in [-0.2, 0) is 0 Å². The van der Waals surface area contributed by atoms with E-state index >= 15 is 0 Å². The highest BCUT2D eigenvalue weighted by molar-refractivity contribution is 5.57. The Morgan fingerprint density at radius 2 is 1.84 bits per heavy atom. The second kappa shape index (κ2) is 5.12. The summed E-state index contributed by atoms with van der Waals surface area (Å²) < 4.78 is 5.69. The number of nitrogens with two attached hydrogens (primary N) is 1. The van der Waals surface area contributed by atoms with Crippen molar-refractivity contribution in [3.8, 4) is 23.6 Å². The van der Waals surface area contributed by atoms with Crippen LogP contribution < -0.4 is 10.5 Å². The van der Waals surface area contributed by atoms with Crippen molar-refractivity contribution < 1.29 is 4.74 Å². The standard InChI is InChI=1S/C15H11N3O/c1-10-2-3-11(8-16)6-15(10)19-13-5-4-12(9-17)14(18)7-13/h2-7H,18H2,1H3. The molecule has 0 aromatic heterocycles. The Morgan fingerprint density at radius 3 is 2.47 bits per heavy atom. The number of hydrogen-bond acceptors (Lipinski definition) is 4. The van der Waals surface area contributed by atoms with Crippen LogP contribution in [0.1, 0.15) is 16.7 Å². The Morgan fingerprint density at radius 1 is 1.05 bits per heavy atom. The highest BCUT2D eigenvalue weighted by atomic mass is 16.5. The Hall–Kier alpha value is -2.98. The number of nitriles is 2. The summed E-state index contributed by atoms with van der Waals surface area (Å²) in [6, 6.07) is 14.2. The number of benzene rings is 2. The van der Waals surface area contributed by atoms with E-state index in [1.807, 2.05) is 19.1 Å². The van der Waals surface area contributed by atoms with E-state index in [2.05, 4.69) is 6.07 Å². The van der Waals surface area contributed by atoms with Gasteiger partial charge in [0.25, 0.3) is 0 Å². The molecule has 2 rings (SSSR count). The fourth-order valence-electron chi connectivity index (χ4n) is 1.61. The molecule has 0 bridgehead atoms. The first kappa shape index (κ1) is 12.5. The molecule has 0 aliphatic heterocycles. The zero-order chi connectivity index (χ0) is 13.8. The molecule has 0 atom stereocenters. The van der Waals surface area contributed by atoms with Crippen molar-refractivity contribution in [1.82, 2.24) is 0 Å². The number of hydrogen-bond donors (Lipinski definition) is 1. The van der Waals surface area contributed by atoms with E-state index in [1.54, 1.807) is 30.3 Å². The van der Waals surface area contributed by atoms with Gasteiger partial charge in [0.2, 0.25) is 0 Å². The molecule has 2 aromatic carbocycles. The zero-order valence-electron chi connectivity index (χ0n) is 10.3.